The lowest BCUT2D eigenvalue weighted by Gasteiger charge is -2.09. The van der Waals surface area contributed by atoms with Gasteiger partial charge in [-0.2, -0.15) is 0 Å². The largest absolute Gasteiger partial charge is 0.342 e. The lowest BCUT2D eigenvalue weighted by Crippen LogP contribution is -2.14. The molecule has 114 valence electrons. The molecule has 0 saturated carbocycles. The Labute approximate surface area is 131 Å². The van der Waals surface area contributed by atoms with Crippen molar-refractivity contribution in [3.05, 3.63) is 47.8 Å². The Morgan fingerprint density at radius 3 is 2.36 bits per heavy atom. The highest BCUT2D eigenvalue weighted by Crippen LogP contribution is 2.14. The van der Waals surface area contributed by atoms with Gasteiger partial charge in [-0.3, -0.25) is 0 Å². The smallest absolute Gasteiger partial charge is 0.222 e. The molecule has 0 amide bonds. The third kappa shape index (κ3) is 4.66. The highest BCUT2D eigenvalue weighted by Gasteiger charge is 2.05. The van der Waals surface area contributed by atoms with Crippen LogP contribution in [0.1, 0.15) is 25.2 Å². The zero-order chi connectivity index (χ0) is 15.8. The van der Waals surface area contributed by atoms with Crippen molar-refractivity contribution in [3.8, 4) is 23.2 Å². The average Bonchev–Trinajstić information content (AvgIpc) is 2.53. The average molecular weight is 296 g/mol. The highest BCUT2D eigenvalue weighted by molar-refractivity contribution is 5.55. The Morgan fingerprint density at radius 1 is 1.05 bits per heavy atom. The van der Waals surface area contributed by atoms with Gasteiger partial charge in [0, 0.05) is 24.5 Å². The molecule has 1 aromatic heterocycles. The molecular formula is C18H20N2O2. The van der Waals surface area contributed by atoms with Crippen LogP contribution in [0.5, 0.6) is 0 Å². The van der Waals surface area contributed by atoms with Crippen LogP contribution in [0.3, 0.4) is 0 Å². The summed E-state index contributed by atoms with van der Waals surface area (Å²) in [7, 11) is 0. The minimum atomic E-state index is -0.523. The van der Waals surface area contributed by atoms with Gasteiger partial charge in [0.25, 0.3) is 0 Å². The third-order valence-corrected chi connectivity index (χ3v) is 2.84. The number of hydrogen-bond acceptors (Lipinski definition) is 4. The number of hydrogen-bond donors (Lipinski definition) is 0. The van der Waals surface area contributed by atoms with Crippen molar-refractivity contribution in [2.24, 2.45) is 0 Å². The fourth-order valence-electron chi connectivity index (χ4n) is 1.92. The number of nitrogens with zero attached hydrogens (tertiary/aromatic N) is 2. The van der Waals surface area contributed by atoms with E-state index >= 15 is 0 Å². The molecule has 0 atom stereocenters. The molecule has 0 bridgehead atoms. The summed E-state index contributed by atoms with van der Waals surface area (Å²) in [4.78, 5) is 8.96. The molecule has 4 heteroatoms. The Bertz CT molecular complexity index is 654. The van der Waals surface area contributed by atoms with Crippen molar-refractivity contribution >= 4 is 0 Å². The number of aromatic nitrogens is 2. The topological polar surface area (TPSA) is 44.2 Å². The van der Waals surface area contributed by atoms with Crippen molar-refractivity contribution in [1.82, 2.24) is 9.97 Å². The van der Waals surface area contributed by atoms with Crippen LogP contribution >= 0.6 is 0 Å². The van der Waals surface area contributed by atoms with Gasteiger partial charge < -0.3 is 9.47 Å². The molecule has 1 heterocycles. The van der Waals surface area contributed by atoms with Crippen LogP contribution in [0.15, 0.2) is 36.4 Å². The maximum absolute atomic E-state index is 5.41. The van der Waals surface area contributed by atoms with Crippen molar-refractivity contribution in [1.29, 1.82) is 0 Å². The zero-order valence-electron chi connectivity index (χ0n) is 13.2. The third-order valence-electron chi connectivity index (χ3n) is 2.84. The maximum atomic E-state index is 5.41. The quantitative estimate of drug-likeness (QED) is 0.628. The number of aryl methyl sites for hydroxylation is 1. The van der Waals surface area contributed by atoms with Crippen molar-refractivity contribution in [3.63, 3.8) is 0 Å². The van der Waals surface area contributed by atoms with Crippen LogP contribution < -0.4 is 0 Å². The number of ether oxygens (including phenoxy) is 2. The normalized spacial score (nSPS) is 10.4. The summed E-state index contributed by atoms with van der Waals surface area (Å²) >= 11 is 0. The summed E-state index contributed by atoms with van der Waals surface area (Å²) in [5, 5.41) is 0. The maximum Gasteiger partial charge on any atom is 0.222 e. The molecule has 0 saturated heterocycles. The number of benzene rings is 1. The van der Waals surface area contributed by atoms with E-state index in [1.165, 1.54) is 0 Å². The van der Waals surface area contributed by atoms with Gasteiger partial charge in [0.2, 0.25) is 6.29 Å². The lowest BCUT2D eigenvalue weighted by atomic mass is 10.2. The first-order chi connectivity index (χ1) is 10.7. The van der Waals surface area contributed by atoms with Crippen molar-refractivity contribution in [2.75, 3.05) is 13.2 Å². The molecule has 4 nitrogen and oxygen atoms in total. The molecule has 0 aliphatic carbocycles. The van der Waals surface area contributed by atoms with E-state index in [-0.39, 0.29) is 0 Å². The van der Waals surface area contributed by atoms with Gasteiger partial charge in [0.1, 0.15) is 5.69 Å². The Hall–Kier alpha value is -2.22. The monoisotopic (exact) mass is 296 g/mol. The summed E-state index contributed by atoms with van der Waals surface area (Å²) in [6, 6.07) is 11.7. The molecule has 2 aromatic rings. The Kier molecular flexibility index (Phi) is 6.08. The van der Waals surface area contributed by atoms with Crippen LogP contribution in [0.4, 0.5) is 0 Å². The molecule has 0 aliphatic rings. The van der Waals surface area contributed by atoms with Gasteiger partial charge in [-0.15, -0.1) is 0 Å². The predicted molar refractivity (Wildman–Crippen MR) is 86.1 cm³/mol. The second kappa shape index (κ2) is 8.28. The fraction of sp³-hybridized carbons (Fsp3) is 0.333. The summed E-state index contributed by atoms with van der Waals surface area (Å²) in [6.45, 7) is 6.86. The van der Waals surface area contributed by atoms with E-state index < -0.39 is 6.29 Å². The van der Waals surface area contributed by atoms with Gasteiger partial charge in [-0.25, -0.2) is 9.97 Å². The van der Waals surface area contributed by atoms with E-state index in [1.54, 1.807) is 0 Å². The van der Waals surface area contributed by atoms with Crippen LogP contribution in [-0.4, -0.2) is 29.5 Å². The second-order valence-electron chi connectivity index (χ2n) is 4.60. The van der Waals surface area contributed by atoms with Crippen LogP contribution in [0, 0.1) is 18.8 Å². The van der Waals surface area contributed by atoms with Crippen molar-refractivity contribution in [2.45, 2.75) is 27.1 Å². The number of rotatable bonds is 5. The van der Waals surface area contributed by atoms with E-state index in [1.807, 2.05) is 57.2 Å². The molecule has 0 aliphatic heterocycles. The van der Waals surface area contributed by atoms with Crippen LogP contribution in [0.2, 0.25) is 0 Å². The van der Waals surface area contributed by atoms with E-state index in [2.05, 4.69) is 21.8 Å². The first-order valence-corrected chi connectivity index (χ1v) is 7.38. The SMILES string of the molecule is CCOC(C#Cc1cc(C)nc(-c2ccccc2)n1)OCC. The molecule has 1 aromatic carbocycles. The summed E-state index contributed by atoms with van der Waals surface area (Å²) < 4.78 is 10.8. The van der Waals surface area contributed by atoms with E-state index in [9.17, 15) is 0 Å². The molecule has 0 radical (unpaired) electrons. The van der Waals surface area contributed by atoms with Gasteiger partial charge in [-0.1, -0.05) is 30.3 Å². The lowest BCUT2D eigenvalue weighted by molar-refractivity contribution is -0.0969. The molecule has 0 N–H and O–H groups in total. The molecular weight excluding hydrogens is 276 g/mol. The van der Waals surface area contributed by atoms with Crippen molar-refractivity contribution < 1.29 is 9.47 Å². The van der Waals surface area contributed by atoms with E-state index in [0.29, 0.717) is 24.7 Å². The van der Waals surface area contributed by atoms with Gasteiger partial charge in [0.05, 0.1) is 0 Å². The van der Waals surface area contributed by atoms with Gasteiger partial charge in [-0.05, 0) is 38.7 Å². The molecule has 22 heavy (non-hydrogen) atoms. The zero-order valence-corrected chi connectivity index (χ0v) is 13.2. The van der Waals surface area contributed by atoms with Crippen LogP contribution in [0.25, 0.3) is 11.4 Å². The first kappa shape index (κ1) is 16.2. The standard InChI is InChI=1S/C18H20N2O2/c1-4-21-17(22-5-2)12-11-16-13-14(3)19-18(20-16)15-9-7-6-8-10-15/h6-10,13,17H,4-5H2,1-3H3. The molecule has 2 rings (SSSR count). The Morgan fingerprint density at radius 2 is 1.73 bits per heavy atom. The summed E-state index contributed by atoms with van der Waals surface area (Å²) in [6.07, 6.45) is -0.523. The molecule has 0 spiro atoms. The highest BCUT2D eigenvalue weighted by atomic mass is 16.7. The second-order valence-corrected chi connectivity index (χ2v) is 4.60. The summed E-state index contributed by atoms with van der Waals surface area (Å²) in [5.74, 6) is 6.65. The Balaban J connectivity index is 2.27. The van der Waals surface area contributed by atoms with Gasteiger partial charge >= 0.3 is 0 Å². The van der Waals surface area contributed by atoms with E-state index in [4.69, 9.17) is 9.47 Å². The predicted octanol–water partition coefficient (Wildman–Crippen LogP) is 3.20. The molecule has 0 unspecified atom stereocenters. The minimum Gasteiger partial charge on any atom is -0.342 e. The van der Waals surface area contributed by atoms with Gasteiger partial charge in [0.15, 0.2) is 5.82 Å². The van der Waals surface area contributed by atoms with Crippen LogP contribution in [-0.2, 0) is 9.47 Å². The fourth-order valence-corrected chi connectivity index (χ4v) is 1.92. The summed E-state index contributed by atoms with van der Waals surface area (Å²) in [5.41, 5.74) is 2.51. The first-order valence-electron chi connectivity index (χ1n) is 7.38. The molecule has 0 fully saturated rings. The van der Waals surface area contributed by atoms with E-state index in [0.717, 1.165) is 11.3 Å². The minimum absolute atomic E-state index is 0.523.